The Bertz CT molecular complexity index is 865. The van der Waals surface area contributed by atoms with Gasteiger partial charge in [-0.3, -0.25) is 4.79 Å². The number of carbonyl (C=O) groups excluding carboxylic acids is 1. The first-order valence-electron chi connectivity index (χ1n) is 9.22. The number of fused-ring (bicyclic) bond motifs is 1. The number of hydrogen-bond donors (Lipinski definition) is 2. The van der Waals surface area contributed by atoms with E-state index in [0.29, 0.717) is 12.1 Å². The molecule has 136 valence electrons. The Hall–Kier alpha value is -2.75. The van der Waals surface area contributed by atoms with E-state index in [1.165, 1.54) is 24.0 Å². The molecular formula is C22H26N2O2. The summed E-state index contributed by atoms with van der Waals surface area (Å²) < 4.78 is 5.30. The van der Waals surface area contributed by atoms with Gasteiger partial charge in [0.25, 0.3) is 5.91 Å². The van der Waals surface area contributed by atoms with Crippen molar-refractivity contribution in [1.82, 2.24) is 10.3 Å². The molecule has 0 aliphatic carbocycles. The molecule has 2 aromatic carbocycles. The maximum atomic E-state index is 12.3. The first-order chi connectivity index (χ1) is 12.7. The third kappa shape index (κ3) is 4.26. The molecule has 4 heteroatoms. The highest BCUT2D eigenvalue weighted by Gasteiger charge is 2.08. The van der Waals surface area contributed by atoms with Crippen LogP contribution in [-0.2, 0) is 12.8 Å². The molecule has 0 saturated heterocycles. The number of aromatic amines is 1. The lowest BCUT2D eigenvalue weighted by Crippen LogP contribution is -2.25. The maximum Gasteiger partial charge on any atom is 0.251 e. The van der Waals surface area contributed by atoms with Gasteiger partial charge in [0, 0.05) is 29.2 Å². The van der Waals surface area contributed by atoms with Crippen LogP contribution >= 0.6 is 0 Å². The molecule has 0 aliphatic rings. The second-order valence-electron chi connectivity index (χ2n) is 6.53. The van der Waals surface area contributed by atoms with Crippen molar-refractivity contribution in [1.29, 1.82) is 0 Å². The number of methoxy groups -OCH3 is 1. The van der Waals surface area contributed by atoms with Gasteiger partial charge in [0.15, 0.2) is 0 Å². The molecular weight excluding hydrogens is 324 g/mol. The van der Waals surface area contributed by atoms with Gasteiger partial charge in [0.2, 0.25) is 0 Å². The predicted molar refractivity (Wildman–Crippen MR) is 106 cm³/mol. The molecule has 1 heterocycles. The summed E-state index contributed by atoms with van der Waals surface area (Å²) in [5, 5.41) is 4.15. The van der Waals surface area contributed by atoms with Gasteiger partial charge in [-0.15, -0.1) is 0 Å². The molecule has 0 spiro atoms. The molecule has 26 heavy (non-hydrogen) atoms. The monoisotopic (exact) mass is 350 g/mol. The Labute approximate surface area is 154 Å². The zero-order valence-electron chi connectivity index (χ0n) is 15.5. The lowest BCUT2D eigenvalue weighted by atomic mass is 10.1. The van der Waals surface area contributed by atoms with Gasteiger partial charge in [0.1, 0.15) is 5.75 Å². The lowest BCUT2D eigenvalue weighted by Gasteiger charge is -2.06. The predicted octanol–water partition coefficient (Wildman–Crippen LogP) is 4.49. The van der Waals surface area contributed by atoms with Crippen LogP contribution < -0.4 is 10.1 Å². The fourth-order valence-corrected chi connectivity index (χ4v) is 3.11. The Morgan fingerprint density at radius 3 is 2.65 bits per heavy atom. The average molecular weight is 350 g/mol. The van der Waals surface area contributed by atoms with Crippen LogP contribution in [0.4, 0.5) is 0 Å². The summed E-state index contributed by atoms with van der Waals surface area (Å²) in [4.78, 5) is 15.6. The standard InChI is InChI=1S/C22H26N2O2/c1-3-4-5-16-6-8-17(9-7-16)22(25)23-13-12-18-15-24-21-11-10-19(26-2)14-20(18)21/h6-11,14-15,24H,3-5,12-13H2,1-2H3,(H,23,25). The van der Waals surface area contributed by atoms with Crippen molar-refractivity contribution in [3.8, 4) is 5.75 Å². The molecule has 1 aromatic heterocycles. The molecule has 0 bridgehead atoms. The number of unbranched alkanes of at least 4 members (excludes halogenated alkanes) is 1. The van der Waals surface area contributed by atoms with Gasteiger partial charge in [-0.2, -0.15) is 0 Å². The van der Waals surface area contributed by atoms with Gasteiger partial charge in [-0.1, -0.05) is 25.5 Å². The van der Waals surface area contributed by atoms with Crippen LogP contribution in [0, 0.1) is 0 Å². The van der Waals surface area contributed by atoms with Crippen LogP contribution in [0.3, 0.4) is 0 Å². The topological polar surface area (TPSA) is 54.1 Å². The summed E-state index contributed by atoms with van der Waals surface area (Å²) in [6.45, 7) is 2.78. The second-order valence-corrected chi connectivity index (χ2v) is 6.53. The summed E-state index contributed by atoms with van der Waals surface area (Å²) >= 11 is 0. The van der Waals surface area contributed by atoms with Crippen LogP contribution in [0.5, 0.6) is 5.75 Å². The zero-order chi connectivity index (χ0) is 18.4. The van der Waals surface area contributed by atoms with Crippen molar-refractivity contribution >= 4 is 16.8 Å². The first kappa shape index (κ1) is 18.1. The van der Waals surface area contributed by atoms with Gasteiger partial charge in [-0.25, -0.2) is 0 Å². The van der Waals surface area contributed by atoms with Gasteiger partial charge < -0.3 is 15.0 Å². The van der Waals surface area contributed by atoms with E-state index in [-0.39, 0.29) is 5.91 Å². The summed E-state index contributed by atoms with van der Waals surface area (Å²) in [7, 11) is 1.67. The molecule has 3 aromatic rings. The van der Waals surface area contributed by atoms with Crippen LogP contribution in [0.25, 0.3) is 10.9 Å². The fraction of sp³-hybridized carbons (Fsp3) is 0.318. The van der Waals surface area contributed by atoms with Crippen LogP contribution in [0.2, 0.25) is 0 Å². The molecule has 0 aliphatic heterocycles. The van der Waals surface area contributed by atoms with Crippen LogP contribution in [-0.4, -0.2) is 24.5 Å². The quantitative estimate of drug-likeness (QED) is 0.629. The minimum Gasteiger partial charge on any atom is -0.497 e. The molecule has 4 nitrogen and oxygen atoms in total. The Balaban J connectivity index is 1.57. The van der Waals surface area contributed by atoms with Crippen molar-refractivity contribution in [2.75, 3.05) is 13.7 Å². The average Bonchev–Trinajstić information content (AvgIpc) is 3.08. The van der Waals surface area contributed by atoms with E-state index in [2.05, 4.69) is 29.4 Å². The Kier molecular flexibility index (Phi) is 5.95. The number of ether oxygens (including phenoxy) is 1. The Morgan fingerprint density at radius 1 is 1.12 bits per heavy atom. The molecule has 1 amide bonds. The minimum atomic E-state index is -0.0236. The van der Waals surface area contributed by atoms with E-state index >= 15 is 0 Å². The normalized spacial score (nSPS) is 10.8. The number of amides is 1. The van der Waals surface area contributed by atoms with Crippen molar-refractivity contribution in [2.24, 2.45) is 0 Å². The fourth-order valence-electron chi connectivity index (χ4n) is 3.11. The number of carbonyl (C=O) groups is 1. The summed E-state index contributed by atoms with van der Waals surface area (Å²) in [5.74, 6) is 0.815. The SMILES string of the molecule is CCCCc1ccc(C(=O)NCCc2c[nH]c3ccc(OC)cc23)cc1. The van der Waals surface area contributed by atoms with E-state index in [0.717, 1.165) is 29.5 Å². The largest absolute Gasteiger partial charge is 0.497 e. The molecule has 0 saturated carbocycles. The number of nitrogens with one attached hydrogen (secondary N) is 2. The lowest BCUT2D eigenvalue weighted by molar-refractivity contribution is 0.0954. The van der Waals surface area contributed by atoms with E-state index in [9.17, 15) is 4.79 Å². The summed E-state index contributed by atoms with van der Waals surface area (Å²) in [6, 6.07) is 13.9. The minimum absolute atomic E-state index is 0.0236. The zero-order valence-corrected chi connectivity index (χ0v) is 15.5. The highest BCUT2D eigenvalue weighted by atomic mass is 16.5. The number of hydrogen-bond acceptors (Lipinski definition) is 2. The number of benzene rings is 2. The molecule has 0 atom stereocenters. The first-order valence-corrected chi connectivity index (χ1v) is 9.22. The molecule has 2 N–H and O–H groups in total. The van der Waals surface area contributed by atoms with Crippen LogP contribution in [0.1, 0.15) is 41.3 Å². The summed E-state index contributed by atoms with van der Waals surface area (Å²) in [6.07, 6.45) is 6.21. The van der Waals surface area contributed by atoms with Crippen molar-refractivity contribution < 1.29 is 9.53 Å². The van der Waals surface area contributed by atoms with Crippen molar-refractivity contribution in [3.63, 3.8) is 0 Å². The number of aryl methyl sites for hydroxylation is 1. The molecule has 0 radical (unpaired) electrons. The Morgan fingerprint density at radius 2 is 1.92 bits per heavy atom. The van der Waals surface area contributed by atoms with E-state index in [1.807, 2.05) is 36.5 Å². The highest BCUT2D eigenvalue weighted by Crippen LogP contribution is 2.23. The van der Waals surface area contributed by atoms with E-state index < -0.39 is 0 Å². The van der Waals surface area contributed by atoms with Gasteiger partial charge >= 0.3 is 0 Å². The van der Waals surface area contributed by atoms with Gasteiger partial charge in [-0.05, 0) is 60.7 Å². The number of H-pyrrole nitrogens is 1. The molecule has 0 unspecified atom stereocenters. The number of aromatic nitrogens is 1. The number of rotatable bonds is 8. The third-order valence-corrected chi connectivity index (χ3v) is 4.69. The van der Waals surface area contributed by atoms with E-state index in [1.54, 1.807) is 7.11 Å². The van der Waals surface area contributed by atoms with E-state index in [4.69, 9.17) is 4.74 Å². The smallest absolute Gasteiger partial charge is 0.251 e. The maximum absolute atomic E-state index is 12.3. The van der Waals surface area contributed by atoms with Crippen molar-refractivity contribution in [3.05, 3.63) is 65.4 Å². The van der Waals surface area contributed by atoms with Crippen molar-refractivity contribution in [2.45, 2.75) is 32.6 Å². The highest BCUT2D eigenvalue weighted by molar-refractivity contribution is 5.94. The second kappa shape index (κ2) is 8.56. The molecule has 3 rings (SSSR count). The third-order valence-electron chi connectivity index (χ3n) is 4.69. The summed E-state index contributed by atoms with van der Waals surface area (Å²) in [5.41, 5.74) is 4.26. The molecule has 0 fully saturated rings. The van der Waals surface area contributed by atoms with Gasteiger partial charge in [0.05, 0.1) is 7.11 Å². The van der Waals surface area contributed by atoms with Crippen LogP contribution in [0.15, 0.2) is 48.7 Å².